The fourth-order valence-corrected chi connectivity index (χ4v) is 2.35. The number of rotatable bonds is 3. The monoisotopic (exact) mass is 268 g/mol. The van der Waals surface area contributed by atoms with Gasteiger partial charge in [0.1, 0.15) is 17.1 Å². The summed E-state index contributed by atoms with van der Waals surface area (Å²) in [4.78, 5) is 8.87. The Hall–Kier alpha value is -2.40. The maximum atomic E-state index is 9.29. The Morgan fingerprint density at radius 2 is 2.00 bits per heavy atom. The lowest BCUT2D eigenvalue weighted by Crippen LogP contribution is -2.18. The van der Waals surface area contributed by atoms with Crippen LogP contribution in [-0.4, -0.2) is 19.6 Å². The van der Waals surface area contributed by atoms with Gasteiger partial charge in [-0.2, -0.15) is 0 Å². The molecule has 0 saturated heterocycles. The third-order valence-corrected chi connectivity index (χ3v) is 3.39. The summed E-state index contributed by atoms with van der Waals surface area (Å²) >= 11 is 0. The molecule has 2 aromatic heterocycles. The van der Waals surface area contributed by atoms with Crippen LogP contribution in [0.25, 0.3) is 11.2 Å². The van der Waals surface area contributed by atoms with Crippen molar-refractivity contribution in [3.8, 4) is 5.75 Å². The van der Waals surface area contributed by atoms with Crippen molar-refractivity contribution >= 4 is 11.2 Å². The van der Waals surface area contributed by atoms with E-state index in [1.165, 1.54) is 0 Å². The average molecular weight is 268 g/mol. The van der Waals surface area contributed by atoms with Crippen LogP contribution in [0.2, 0.25) is 0 Å². The van der Waals surface area contributed by atoms with E-state index in [9.17, 15) is 5.11 Å². The van der Waals surface area contributed by atoms with E-state index in [0.29, 0.717) is 6.42 Å². The molecule has 0 aliphatic heterocycles. The molecule has 0 aliphatic rings. The number of benzene rings is 1. The van der Waals surface area contributed by atoms with E-state index < -0.39 is 0 Å². The molecule has 0 aliphatic carbocycles. The van der Waals surface area contributed by atoms with E-state index in [4.69, 9.17) is 5.73 Å². The van der Waals surface area contributed by atoms with Crippen LogP contribution in [-0.2, 0) is 13.5 Å². The molecule has 5 heteroatoms. The minimum atomic E-state index is -0.209. The van der Waals surface area contributed by atoms with Crippen molar-refractivity contribution in [2.75, 3.05) is 0 Å². The number of nitrogens with zero attached hydrogens (tertiary/aromatic N) is 3. The molecule has 0 fully saturated rings. The highest BCUT2D eigenvalue weighted by Crippen LogP contribution is 2.20. The number of aryl methyl sites for hydroxylation is 1. The zero-order chi connectivity index (χ0) is 14.1. The van der Waals surface area contributed by atoms with Crippen LogP contribution < -0.4 is 5.73 Å². The van der Waals surface area contributed by atoms with Gasteiger partial charge < -0.3 is 15.4 Å². The number of pyridine rings is 1. The number of fused-ring (bicyclic) bond motifs is 1. The summed E-state index contributed by atoms with van der Waals surface area (Å²) in [5.74, 6) is 1.07. The lowest BCUT2D eigenvalue weighted by atomic mass is 10.1. The van der Waals surface area contributed by atoms with Crippen LogP contribution in [0.15, 0.2) is 42.6 Å². The lowest BCUT2D eigenvalue weighted by Gasteiger charge is -2.11. The second-order valence-electron chi connectivity index (χ2n) is 4.85. The topological polar surface area (TPSA) is 77.0 Å². The maximum absolute atomic E-state index is 9.29. The Balaban J connectivity index is 1.90. The number of aromatic hydroxyl groups is 1. The molecule has 102 valence electrons. The minimum absolute atomic E-state index is 0.209. The van der Waals surface area contributed by atoms with Gasteiger partial charge in [-0.25, -0.2) is 9.97 Å². The predicted octanol–water partition coefficient (Wildman–Crippen LogP) is 1.92. The van der Waals surface area contributed by atoms with Gasteiger partial charge in [-0.05, 0) is 36.2 Å². The third-order valence-electron chi connectivity index (χ3n) is 3.39. The van der Waals surface area contributed by atoms with Gasteiger partial charge in [-0.1, -0.05) is 12.1 Å². The zero-order valence-electron chi connectivity index (χ0n) is 11.2. The number of imidazole rings is 1. The van der Waals surface area contributed by atoms with Gasteiger partial charge in [0.25, 0.3) is 0 Å². The van der Waals surface area contributed by atoms with Gasteiger partial charge in [0.15, 0.2) is 5.65 Å². The molecule has 0 bridgehead atoms. The molecule has 1 atom stereocenters. The summed E-state index contributed by atoms with van der Waals surface area (Å²) in [5, 5.41) is 9.29. The van der Waals surface area contributed by atoms with Crippen molar-refractivity contribution in [2.24, 2.45) is 12.8 Å². The van der Waals surface area contributed by atoms with Crippen LogP contribution in [0.1, 0.15) is 17.4 Å². The predicted molar refractivity (Wildman–Crippen MR) is 77.2 cm³/mol. The van der Waals surface area contributed by atoms with Crippen LogP contribution in [0.5, 0.6) is 5.75 Å². The van der Waals surface area contributed by atoms with Gasteiger partial charge >= 0.3 is 0 Å². The van der Waals surface area contributed by atoms with Crippen molar-refractivity contribution < 1.29 is 5.11 Å². The van der Waals surface area contributed by atoms with Crippen molar-refractivity contribution in [3.05, 3.63) is 54.0 Å². The normalized spacial score (nSPS) is 12.7. The highest BCUT2D eigenvalue weighted by molar-refractivity contribution is 5.71. The number of nitrogens with two attached hydrogens (primary N) is 1. The summed E-state index contributed by atoms with van der Waals surface area (Å²) in [6.07, 6.45) is 2.41. The average Bonchev–Trinajstić information content (AvgIpc) is 2.79. The van der Waals surface area contributed by atoms with E-state index >= 15 is 0 Å². The minimum Gasteiger partial charge on any atom is -0.508 e. The van der Waals surface area contributed by atoms with Crippen molar-refractivity contribution in [2.45, 2.75) is 12.5 Å². The first-order valence-corrected chi connectivity index (χ1v) is 6.46. The second kappa shape index (κ2) is 4.94. The number of phenolic OH excluding ortho intramolecular Hbond substituents is 1. The molecule has 0 radical (unpaired) electrons. The molecule has 0 spiro atoms. The van der Waals surface area contributed by atoms with Crippen LogP contribution in [0.3, 0.4) is 0 Å². The van der Waals surface area contributed by atoms with Gasteiger partial charge in [-0.15, -0.1) is 0 Å². The molecule has 3 N–H and O–H groups in total. The third kappa shape index (κ3) is 2.23. The first-order valence-electron chi connectivity index (χ1n) is 6.46. The number of phenols is 1. The molecule has 1 unspecified atom stereocenters. The molecular formula is C15H16N4O. The zero-order valence-corrected chi connectivity index (χ0v) is 11.2. The summed E-state index contributed by atoms with van der Waals surface area (Å²) in [6, 6.07) is 10.7. The van der Waals surface area contributed by atoms with Crippen LogP contribution in [0, 0.1) is 0 Å². The van der Waals surface area contributed by atoms with Gasteiger partial charge in [-0.3, -0.25) is 0 Å². The molecule has 1 aromatic carbocycles. The first-order chi connectivity index (χ1) is 9.65. The van der Waals surface area contributed by atoms with Crippen molar-refractivity contribution in [3.63, 3.8) is 0 Å². The number of hydrogen-bond acceptors (Lipinski definition) is 4. The quantitative estimate of drug-likeness (QED) is 0.760. The Morgan fingerprint density at radius 3 is 2.70 bits per heavy atom. The maximum Gasteiger partial charge on any atom is 0.159 e. The van der Waals surface area contributed by atoms with Gasteiger partial charge in [0.2, 0.25) is 0 Å². The van der Waals surface area contributed by atoms with E-state index in [0.717, 1.165) is 22.6 Å². The van der Waals surface area contributed by atoms with Crippen LogP contribution >= 0.6 is 0 Å². The van der Waals surface area contributed by atoms with Gasteiger partial charge in [0.05, 0.1) is 6.04 Å². The largest absolute Gasteiger partial charge is 0.508 e. The highest BCUT2D eigenvalue weighted by atomic mass is 16.3. The summed E-state index contributed by atoms with van der Waals surface area (Å²) in [6.45, 7) is 0. The highest BCUT2D eigenvalue weighted by Gasteiger charge is 2.15. The standard InChI is InChI=1S/C15H16N4O/c1-19-14(18-13-3-2-8-17-15(13)19)12(16)9-10-4-6-11(20)7-5-10/h2-8,12,20H,9,16H2,1H3. The Morgan fingerprint density at radius 1 is 1.25 bits per heavy atom. The molecule has 0 amide bonds. The Labute approximate surface area is 116 Å². The SMILES string of the molecule is Cn1c(C(N)Cc2ccc(O)cc2)nc2cccnc21. The molecule has 5 nitrogen and oxygen atoms in total. The van der Waals surface area contributed by atoms with E-state index in [2.05, 4.69) is 9.97 Å². The van der Waals surface area contributed by atoms with Crippen molar-refractivity contribution in [1.29, 1.82) is 0 Å². The Kier molecular flexibility index (Phi) is 3.12. The molecule has 2 heterocycles. The summed E-state index contributed by atoms with van der Waals surface area (Å²) in [7, 11) is 1.92. The lowest BCUT2D eigenvalue weighted by molar-refractivity contribution is 0.475. The smallest absolute Gasteiger partial charge is 0.159 e. The molecule has 20 heavy (non-hydrogen) atoms. The second-order valence-corrected chi connectivity index (χ2v) is 4.85. The van der Waals surface area contributed by atoms with Crippen LogP contribution in [0.4, 0.5) is 0 Å². The van der Waals surface area contributed by atoms with E-state index in [1.54, 1.807) is 18.3 Å². The number of hydrogen-bond donors (Lipinski definition) is 2. The van der Waals surface area contributed by atoms with E-state index in [-0.39, 0.29) is 11.8 Å². The first kappa shape index (κ1) is 12.6. The summed E-state index contributed by atoms with van der Waals surface area (Å²) < 4.78 is 1.93. The number of aromatic nitrogens is 3. The fraction of sp³-hybridized carbons (Fsp3) is 0.200. The van der Waals surface area contributed by atoms with Gasteiger partial charge in [0, 0.05) is 13.2 Å². The Bertz CT molecular complexity index is 733. The summed E-state index contributed by atoms with van der Waals surface area (Å²) in [5.41, 5.74) is 9.01. The fourth-order valence-electron chi connectivity index (χ4n) is 2.35. The van der Waals surface area contributed by atoms with Crippen molar-refractivity contribution in [1.82, 2.24) is 14.5 Å². The molecule has 3 aromatic rings. The molecule has 3 rings (SSSR count). The van der Waals surface area contributed by atoms with E-state index in [1.807, 2.05) is 35.9 Å². The molecule has 0 saturated carbocycles. The molecular weight excluding hydrogens is 252 g/mol.